The van der Waals surface area contributed by atoms with Gasteiger partial charge in [0, 0.05) is 30.1 Å². The third-order valence-electron chi connectivity index (χ3n) is 5.62. The number of aromatic nitrogens is 4. The number of fused-ring (bicyclic) bond motifs is 1. The van der Waals surface area contributed by atoms with Crippen LogP contribution in [-0.4, -0.2) is 36.1 Å². The van der Waals surface area contributed by atoms with Crippen molar-refractivity contribution in [3.8, 4) is 11.5 Å². The SMILES string of the molecule is O=C1c2cc(-c3nnc(C(F)F)o3)ccc2CN1C(c1cnccn1)C(O)c1ccc(F)c(F)c1. The number of hydrogen-bond donors (Lipinski definition) is 1. The maximum Gasteiger partial charge on any atom is 0.314 e. The first-order valence-electron chi connectivity index (χ1n) is 10.3. The monoisotopic (exact) mass is 485 g/mol. The highest BCUT2D eigenvalue weighted by Gasteiger charge is 2.39. The molecule has 0 aliphatic carbocycles. The van der Waals surface area contributed by atoms with Crippen LogP contribution in [-0.2, 0) is 6.54 Å². The van der Waals surface area contributed by atoms with Crippen molar-refractivity contribution >= 4 is 5.91 Å². The standard InChI is InChI=1S/C23H15F4N5O3/c24-15-4-3-11(8-16(15)25)19(33)18(17-9-28-5-6-29-17)32-10-13-2-1-12(7-14(13)23(32)34)21-30-31-22(35-21)20(26)27/h1-9,18-20,33H,10H2. The maximum atomic E-state index is 13.9. The number of aliphatic hydroxyl groups excluding tert-OH is 1. The van der Waals surface area contributed by atoms with Gasteiger partial charge in [-0.15, -0.1) is 10.2 Å². The fraction of sp³-hybridized carbons (Fsp3) is 0.174. The molecule has 2 aromatic heterocycles. The lowest BCUT2D eigenvalue weighted by atomic mass is 9.98. The minimum absolute atomic E-state index is 0.0365. The van der Waals surface area contributed by atoms with Crippen LogP contribution in [0.4, 0.5) is 17.6 Å². The smallest absolute Gasteiger partial charge is 0.314 e. The summed E-state index contributed by atoms with van der Waals surface area (Å²) >= 11 is 0. The number of rotatable bonds is 6. The van der Waals surface area contributed by atoms with Gasteiger partial charge in [-0.2, -0.15) is 8.78 Å². The number of aliphatic hydroxyl groups is 1. The molecule has 2 aromatic carbocycles. The van der Waals surface area contributed by atoms with Crippen LogP contribution in [0.3, 0.4) is 0 Å². The van der Waals surface area contributed by atoms with E-state index in [0.29, 0.717) is 5.56 Å². The summed E-state index contributed by atoms with van der Waals surface area (Å²) in [5.74, 6) is -3.76. The van der Waals surface area contributed by atoms with Crippen molar-refractivity contribution in [2.75, 3.05) is 0 Å². The Morgan fingerprint density at radius 1 is 1.03 bits per heavy atom. The molecular formula is C23H15F4N5O3. The number of hydrogen-bond acceptors (Lipinski definition) is 7. The molecule has 1 amide bonds. The van der Waals surface area contributed by atoms with Gasteiger partial charge in [-0.05, 0) is 35.4 Å². The molecule has 0 saturated carbocycles. The Morgan fingerprint density at radius 2 is 1.86 bits per heavy atom. The van der Waals surface area contributed by atoms with Gasteiger partial charge in [0.1, 0.15) is 12.1 Å². The van der Waals surface area contributed by atoms with E-state index in [0.717, 1.165) is 12.1 Å². The highest BCUT2D eigenvalue weighted by molar-refractivity contribution is 5.99. The summed E-state index contributed by atoms with van der Waals surface area (Å²) in [6.07, 6.45) is -0.255. The van der Waals surface area contributed by atoms with E-state index in [1.165, 1.54) is 35.6 Å². The van der Waals surface area contributed by atoms with E-state index >= 15 is 0 Å². The molecule has 2 unspecified atom stereocenters. The van der Waals surface area contributed by atoms with E-state index in [4.69, 9.17) is 4.42 Å². The summed E-state index contributed by atoms with van der Waals surface area (Å²) in [5, 5.41) is 18.0. The second kappa shape index (κ2) is 8.87. The second-order valence-electron chi connectivity index (χ2n) is 7.74. The number of nitrogens with zero attached hydrogens (tertiary/aromatic N) is 5. The van der Waals surface area contributed by atoms with Gasteiger partial charge in [-0.3, -0.25) is 14.8 Å². The number of carbonyl (C=O) groups is 1. The molecule has 0 saturated heterocycles. The van der Waals surface area contributed by atoms with Gasteiger partial charge in [-0.1, -0.05) is 12.1 Å². The average molecular weight is 485 g/mol. The summed E-state index contributed by atoms with van der Waals surface area (Å²) in [4.78, 5) is 22.9. The van der Waals surface area contributed by atoms with Crippen molar-refractivity contribution in [3.63, 3.8) is 0 Å². The van der Waals surface area contributed by atoms with Gasteiger partial charge in [-0.25, -0.2) is 8.78 Å². The van der Waals surface area contributed by atoms with Crippen LogP contribution in [0, 0.1) is 11.6 Å². The lowest BCUT2D eigenvalue weighted by molar-refractivity contribution is 0.0344. The Morgan fingerprint density at radius 3 is 2.54 bits per heavy atom. The van der Waals surface area contributed by atoms with E-state index in [1.54, 1.807) is 12.1 Å². The molecule has 4 aromatic rings. The summed E-state index contributed by atoms with van der Waals surface area (Å²) in [6.45, 7) is 0.0581. The summed E-state index contributed by atoms with van der Waals surface area (Å²) in [6, 6.07) is 6.43. The van der Waals surface area contributed by atoms with Crippen molar-refractivity contribution in [2.45, 2.75) is 25.1 Å². The minimum atomic E-state index is -2.94. The van der Waals surface area contributed by atoms with Crippen LogP contribution in [0.15, 0.2) is 59.4 Å². The Hall–Kier alpha value is -4.19. The van der Waals surface area contributed by atoms with Crippen molar-refractivity contribution in [1.82, 2.24) is 25.1 Å². The number of benzene rings is 2. The Balaban J connectivity index is 1.51. The van der Waals surface area contributed by atoms with Crippen LogP contribution in [0.5, 0.6) is 0 Å². The summed E-state index contributed by atoms with van der Waals surface area (Å²) in [5.41, 5.74) is 1.33. The zero-order valence-electron chi connectivity index (χ0n) is 17.6. The molecule has 178 valence electrons. The third-order valence-corrected chi connectivity index (χ3v) is 5.62. The number of amides is 1. The lowest BCUT2D eigenvalue weighted by Crippen LogP contribution is -2.34. The van der Waals surface area contributed by atoms with E-state index in [2.05, 4.69) is 20.2 Å². The first-order valence-corrected chi connectivity index (χ1v) is 10.3. The molecule has 0 fully saturated rings. The Kier molecular flexibility index (Phi) is 5.73. The Bertz CT molecular complexity index is 1400. The van der Waals surface area contributed by atoms with E-state index in [-0.39, 0.29) is 34.8 Å². The van der Waals surface area contributed by atoms with Crippen molar-refractivity contribution in [3.05, 3.63) is 94.9 Å². The lowest BCUT2D eigenvalue weighted by Gasteiger charge is -2.31. The van der Waals surface area contributed by atoms with Crippen molar-refractivity contribution < 1.29 is 31.9 Å². The van der Waals surface area contributed by atoms with Crippen molar-refractivity contribution in [2.24, 2.45) is 0 Å². The molecule has 3 heterocycles. The number of carbonyl (C=O) groups excluding carboxylic acids is 1. The molecule has 0 bridgehead atoms. The van der Waals surface area contributed by atoms with E-state index in [1.807, 2.05) is 0 Å². The van der Waals surface area contributed by atoms with Crippen LogP contribution in [0.1, 0.15) is 51.6 Å². The van der Waals surface area contributed by atoms with Gasteiger partial charge < -0.3 is 14.4 Å². The summed E-state index contributed by atoms with van der Waals surface area (Å²) in [7, 11) is 0. The molecule has 2 atom stereocenters. The highest BCUT2D eigenvalue weighted by Crippen LogP contribution is 2.39. The predicted octanol–water partition coefficient (Wildman–Crippen LogP) is 4.17. The molecule has 8 nitrogen and oxygen atoms in total. The normalized spacial score (nSPS) is 14.9. The van der Waals surface area contributed by atoms with Crippen LogP contribution in [0.25, 0.3) is 11.5 Å². The molecule has 12 heteroatoms. The first-order chi connectivity index (χ1) is 16.8. The van der Waals surface area contributed by atoms with Crippen LogP contribution in [0.2, 0.25) is 0 Å². The van der Waals surface area contributed by atoms with Crippen LogP contribution < -0.4 is 0 Å². The van der Waals surface area contributed by atoms with Gasteiger partial charge in [0.25, 0.3) is 11.8 Å². The predicted molar refractivity (Wildman–Crippen MR) is 111 cm³/mol. The van der Waals surface area contributed by atoms with Gasteiger partial charge in [0.2, 0.25) is 5.89 Å². The summed E-state index contributed by atoms with van der Waals surface area (Å²) < 4.78 is 57.9. The highest BCUT2D eigenvalue weighted by atomic mass is 19.3. The molecule has 0 radical (unpaired) electrons. The molecule has 0 spiro atoms. The van der Waals surface area contributed by atoms with Gasteiger partial charge in [0.15, 0.2) is 11.6 Å². The topological polar surface area (TPSA) is 105 Å². The fourth-order valence-electron chi connectivity index (χ4n) is 3.95. The van der Waals surface area contributed by atoms with Gasteiger partial charge >= 0.3 is 6.43 Å². The molecule has 1 aliphatic rings. The number of alkyl halides is 2. The zero-order valence-corrected chi connectivity index (χ0v) is 17.6. The molecule has 5 rings (SSSR count). The second-order valence-corrected chi connectivity index (χ2v) is 7.74. The van der Waals surface area contributed by atoms with Gasteiger partial charge in [0.05, 0.1) is 11.9 Å². The largest absolute Gasteiger partial charge is 0.415 e. The third kappa shape index (κ3) is 4.12. The molecule has 1 aliphatic heterocycles. The van der Waals surface area contributed by atoms with E-state index in [9.17, 15) is 27.5 Å². The van der Waals surface area contributed by atoms with Crippen molar-refractivity contribution in [1.29, 1.82) is 0 Å². The number of halogens is 4. The molecule has 1 N–H and O–H groups in total. The maximum absolute atomic E-state index is 13.9. The molecular weight excluding hydrogens is 470 g/mol. The minimum Gasteiger partial charge on any atom is -0.415 e. The quantitative estimate of drug-likeness (QED) is 0.409. The first kappa shape index (κ1) is 22.6. The van der Waals surface area contributed by atoms with Crippen LogP contribution >= 0.6 is 0 Å². The van der Waals surface area contributed by atoms with E-state index < -0.39 is 42.0 Å². The average Bonchev–Trinajstić information content (AvgIpc) is 3.47. The zero-order chi connectivity index (χ0) is 24.7. The Labute approximate surface area is 194 Å². The molecule has 35 heavy (non-hydrogen) atoms. The fourth-order valence-corrected chi connectivity index (χ4v) is 3.95.